The number of aliphatic carboxylic acids is 1. The first kappa shape index (κ1) is 18.2. The molecule has 0 fully saturated rings. The molecule has 0 radical (unpaired) electrons. The van der Waals surface area contributed by atoms with E-state index in [-0.39, 0.29) is 24.9 Å². The van der Waals surface area contributed by atoms with Crippen molar-refractivity contribution in [3.8, 4) is 0 Å². The van der Waals surface area contributed by atoms with Gasteiger partial charge >= 0.3 is 12.0 Å². The molecule has 0 atom stereocenters. The van der Waals surface area contributed by atoms with Gasteiger partial charge in [0, 0.05) is 13.1 Å². The van der Waals surface area contributed by atoms with Crippen LogP contribution in [-0.4, -0.2) is 54.1 Å². The molecule has 0 bridgehead atoms. The second-order valence-electron chi connectivity index (χ2n) is 5.52. The smallest absolute Gasteiger partial charge is 0.323 e. The van der Waals surface area contributed by atoms with Gasteiger partial charge in [-0.3, -0.25) is 9.59 Å². The monoisotopic (exact) mass is 287 g/mol. The van der Waals surface area contributed by atoms with Crippen molar-refractivity contribution >= 4 is 17.9 Å². The van der Waals surface area contributed by atoms with Gasteiger partial charge in [0.1, 0.15) is 6.54 Å². The maximum absolute atomic E-state index is 11.8. The number of hydrogen-bond donors (Lipinski definition) is 3. The van der Waals surface area contributed by atoms with Gasteiger partial charge in [-0.15, -0.1) is 0 Å². The zero-order chi connectivity index (χ0) is 15.7. The highest BCUT2D eigenvalue weighted by Gasteiger charge is 2.18. The summed E-state index contributed by atoms with van der Waals surface area (Å²) in [7, 11) is 0. The summed E-state index contributed by atoms with van der Waals surface area (Å²) >= 11 is 0. The van der Waals surface area contributed by atoms with Crippen LogP contribution in [0.3, 0.4) is 0 Å². The number of carbonyl (C=O) groups excluding carboxylic acids is 2. The number of hydrogen-bond acceptors (Lipinski definition) is 3. The molecule has 116 valence electrons. The number of carboxylic acid groups (broad SMARTS) is 1. The van der Waals surface area contributed by atoms with Crippen LogP contribution in [0.2, 0.25) is 0 Å². The minimum Gasteiger partial charge on any atom is -0.480 e. The molecular weight excluding hydrogens is 262 g/mol. The molecule has 20 heavy (non-hydrogen) atoms. The van der Waals surface area contributed by atoms with E-state index in [1.165, 1.54) is 4.90 Å². The lowest BCUT2D eigenvalue weighted by Gasteiger charge is -2.23. The Bertz CT molecular complexity index is 343. The molecule has 0 heterocycles. The molecule has 0 spiro atoms. The van der Waals surface area contributed by atoms with Gasteiger partial charge in [0.15, 0.2) is 0 Å². The zero-order valence-electron chi connectivity index (χ0n) is 12.6. The van der Waals surface area contributed by atoms with Crippen LogP contribution in [0.5, 0.6) is 0 Å². The first-order valence-electron chi connectivity index (χ1n) is 6.73. The first-order valence-corrected chi connectivity index (χ1v) is 6.73. The van der Waals surface area contributed by atoms with Crippen LogP contribution in [0.4, 0.5) is 4.79 Å². The average molecular weight is 287 g/mol. The molecule has 7 heteroatoms. The number of rotatable bonds is 8. The van der Waals surface area contributed by atoms with Crippen LogP contribution in [0.15, 0.2) is 0 Å². The molecule has 0 aromatic carbocycles. The molecule has 0 aliphatic rings. The van der Waals surface area contributed by atoms with Crippen LogP contribution in [0.1, 0.15) is 27.7 Å². The summed E-state index contributed by atoms with van der Waals surface area (Å²) in [5.41, 5.74) is 0. The van der Waals surface area contributed by atoms with Gasteiger partial charge in [-0.05, 0) is 11.8 Å². The Labute approximate surface area is 119 Å². The molecule has 3 N–H and O–H groups in total. The summed E-state index contributed by atoms with van der Waals surface area (Å²) in [4.78, 5) is 35.2. The highest BCUT2D eigenvalue weighted by atomic mass is 16.4. The molecule has 0 saturated heterocycles. The Morgan fingerprint density at radius 3 is 2.10 bits per heavy atom. The van der Waals surface area contributed by atoms with Crippen LogP contribution in [0, 0.1) is 11.8 Å². The number of carbonyl (C=O) groups is 3. The quantitative estimate of drug-likeness (QED) is 0.605. The Kier molecular flexibility index (Phi) is 8.35. The molecule has 0 rings (SSSR count). The predicted octanol–water partition coefficient (Wildman–Crippen LogP) is 0.511. The van der Waals surface area contributed by atoms with Gasteiger partial charge in [0.25, 0.3) is 0 Å². The van der Waals surface area contributed by atoms with Crippen LogP contribution >= 0.6 is 0 Å². The molecule has 0 aliphatic carbocycles. The lowest BCUT2D eigenvalue weighted by molar-refractivity contribution is -0.137. The maximum Gasteiger partial charge on any atom is 0.323 e. The second-order valence-corrected chi connectivity index (χ2v) is 5.52. The van der Waals surface area contributed by atoms with E-state index in [0.29, 0.717) is 19.0 Å². The Hall–Kier alpha value is -1.79. The van der Waals surface area contributed by atoms with Crippen molar-refractivity contribution in [2.45, 2.75) is 27.7 Å². The van der Waals surface area contributed by atoms with Crippen LogP contribution < -0.4 is 10.6 Å². The normalized spacial score (nSPS) is 10.5. The van der Waals surface area contributed by atoms with Crippen molar-refractivity contribution in [1.29, 1.82) is 0 Å². The summed E-state index contributed by atoms with van der Waals surface area (Å²) in [6, 6.07) is -0.541. The van der Waals surface area contributed by atoms with Gasteiger partial charge < -0.3 is 20.6 Å². The summed E-state index contributed by atoms with van der Waals surface area (Å²) in [6.45, 7) is 8.05. The fourth-order valence-electron chi connectivity index (χ4n) is 1.47. The zero-order valence-corrected chi connectivity index (χ0v) is 12.6. The second kappa shape index (κ2) is 9.17. The van der Waals surface area contributed by atoms with Crippen LogP contribution in [0.25, 0.3) is 0 Å². The van der Waals surface area contributed by atoms with Gasteiger partial charge in [0.2, 0.25) is 5.91 Å². The van der Waals surface area contributed by atoms with E-state index in [0.717, 1.165) is 0 Å². The van der Waals surface area contributed by atoms with Crippen molar-refractivity contribution in [3.05, 3.63) is 0 Å². The summed E-state index contributed by atoms with van der Waals surface area (Å²) in [5, 5.41) is 13.9. The fraction of sp³-hybridized carbons (Fsp3) is 0.769. The third-order valence-corrected chi connectivity index (χ3v) is 2.31. The predicted molar refractivity (Wildman–Crippen MR) is 75.3 cm³/mol. The third kappa shape index (κ3) is 9.18. The lowest BCUT2D eigenvalue weighted by atomic mass is 10.2. The number of nitrogens with one attached hydrogen (secondary N) is 2. The molecule has 0 aromatic rings. The average Bonchev–Trinajstić information content (AvgIpc) is 2.31. The SMILES string of the molecule is CC(C)CNC(=O)CNC(=O)N(CC(=O)O)CC(C)C. The Morgan fingerprint density at radius 1 is 1.05 bits per heavy atom. The first-order chi connectivity index (χ1) is 9.22. The molecule has 0 aromatic heterocycles. The molecule has 0 aliphatic heterocycles. The van der Waals surface area contributed by atoms with E-state index in [4.69, 9.17) is 5.11 Å². The summed E-state index contributed by atoms with van der Waals surface area (Å²) in [5.74, 6) is -0.883. The van der Waals surface area contributed by atoms with Crippen molar-refractivity contribution in [2.24, 2.45) is 11.8 Å². The van der Waals surface area contributed by atoms with Gasteiger partial charge in [-0.1, -0.05) is 27.7 Å². The molecule has 0 unspecified atom stereocenters. The number of nitrogens with zero attached hydrogens (tertiary/aromatic N) is 1. The van der Waals surface area contributed by atoms with Crippen molar-refractivity contribution in [2.75, 3.05) is 26.2 Å². The van der Waals surface area contributed by atoms with E-state index < -0.39 is 12.0 Å². The highest BCUT2D eigenvalue weighted by molar-refractivity contribution is 5.85. The summed E-state index contributed by atoms with van der Waals surface area (Å²) < 4.78 is 0. The van der Waals surface area contributed by atoms with E-state index in [1.807, 2.05) is 27.7 Å². The van der Waals surface area contributed by atoms with Gasteiger partial charge in [-0.2, -0.15) is 0 Å². The largest absolute Gasteiger partial charge is 0.480 e. The summed E-state index contributed by atoms with van der Waals surface area (Å²) in [6.07, 6.45) is 0. The van der Waals surface area contributed by atoms with E-state index in [2.05, 4.69) is 10.6 Å². The maximum atomic E-state index is 11.8. The number of urea groups is 1. The van der Waals surface area contributed by atoms with E-state index in [1.54, 1.807) is 0 Å². The van der Waals surface area contributed by atoms with Crippen molar-refractivity contribution < 1.29 is 19.5 Å². The minimum absolute atomic E-state index is 0.148. The Balaban J connectivity index is 4.24. The topological polar surface area (TPSA) is 98.7 Å². The van der Waals surface area contributed by atoms with E-state index >= 15 is 0 Å². The molecule has 7 nitrogen and oxygen atoms in total. The Morgan fingerprint density at radius 2 is 1.65 bits per heavy atom. The minimum atomic E-state index is -1.08. The standard InChI is InChI=1S/C13H25N3O4/c1-9(2)5-14-11(17)6-15-13(20)16(7-10(3)4)8-12(18)19/h9-10H,5-8H2,1-4H3,(H,14,17)(H,15,20)(H,18,19). The molecule has 3 amide bonds. The van der Waals surface area contributed by atoms with Crippen molar-refractivity contribution in [1.82, 2.24) is 15.5 Å². The van der Waals surface area contributed by atoms with E-state index in [9.17, 15) is 14.4 Å². The number of carboxylic acids is 1. The lowest BCUT2D eigenvalue weighted by Crippen LogP contribution is -2.47. The van der Waals surface area contributed by atoms with Gasteiger partial charge in [0.05, 0.1) is 6.54 Å². The third-order valence-electron chi connectivity index (χ3n) is 2.31. The van der Waals surface area contributed by atoms with Crippen molar-refractivity contribution in [3.63, 3.8) is 0 Å². The fourth-order valence-corrected chi connectivity index (χ4v) is 1.47. The molecule has 0 saturated carbocycles. The van der Waals surface area contributed by atoms with Crippen LogP contribution in [-0.2, 0) is 9.59 Å². The van der Waals surface area contributed by atoms with Gasteiger partial charge in [-0.25, -0.2) is 4.79 Å². The molecular formula is C13H25N3O4. The highest BCUT2D eigenvalue weighted by Crippen LogP contribution is 1.99. The number of amides is 3.